The lowest BCUT2D eigenvalue weighted by Crippen LogP contribution is -2.01. The van der Waals surface area contributed by atoms with Crippen molar-refractivity contribution < 1.29 is 13.0 Å². The van der Waals surface area contributed by atoms with Gasteiger partial charge in [-0.25, -0.2) is 0 Å². The molecule has 5 heteroatoms. The van der Waals surface area contributed by atoms with Crippen LogP contribution in [0.15, 0.2) is 41.8 Å². The highest BCUT2D eigenvalue weighted by Gasteiger charge is 2.09. The van der Waals surface area contributed by atoms with Crippen LogP contribution in [-0.2, 0) is 16.5 Å². The maximum atomic E-state index is 10.7. The number of rotatable bonds is 4. The van der Waals surface area contributed by atoms with Gasteiger partial charge in [-0.1, -0.05) is 18.2 Å². The molecule has 0 radical (unpaired) electrons. The second-order valence-electron chi connectivity index (χ2n) is 3.07. The molecular weight excluding hydrogens is 236 g/mol. The van der Waals surface area contributed by atoms with Crippen molar-refractivity contribution in [3.8, 4) is 0 Å². The van der Waals surface area contributed by atoms with E-state index in [-0.39, 0.29) is 10.3 Å². The number of halogens is 1. The molecule has 0 spiro atoms. The fourth-order valence-corrected chi connectivity index (χ4v) is 1.76. The van der Waals surface area contributed by atoms with Crippen LogP contribution in [0.25, 0.3) is 0 Å². The molecule has 0 aliphatic heterocycles. The highest BCUT2D eigenvalue weighted by molar-refractivity contribution is 7.85. The summed E-state index contributed by atoms with van der Waals surface area (Å²) in [7, 11) is -4.11. The lowest BCUT2D eigenvalue weighted by Gasteiger charge is -2.04. The molecule has 0 aromatic heterocycles. The molecule has 1 aromatic rings. The van der Waals surface area contributed by atoms with E-state index < -0.39 is 10.1 Å². The van der Waals surface area contributed by atoms with E-state index in [9.17, 15) is 8.42 Å². The molecule has 1 rings (SSSR count). The summed E-state index contributed by atoms with van der Waals surface area (Å²) in [5, 5.41) is -0.179. The largest absolute Gasteiger partial charge is 0.294 e. The summed E-state index contributed by atoms with van der Waals surface area (Å²) in [6.45, 7) is 3.55. The van der Waals surface area contributed by atoms with Crippen LogP contribution < -0.4 is 0 Å². The molecule has 0 bridgehead atoms. The lowest BCUT2D eigenvalue weighted by atomic mass is 10.1. The van der Waals surface area contributed by atoms with Crippen molar-refractivity contribution in [3.63, 3.8) is 0 Å². The highest BCUT2D eigenvalue weighted by atomic mass is 35.5. The number of hydrogen-bond acceptors (Lipinski definition) is 2. The first-order valence-corrected chi connectivity index (χ1v) is 6.14. The second-order valence-corrected chi connectivity index (χ2v) is 5.06. The zero-order valence-corrected chi connectivity index (χ0v) is 9.50. The van der Waals surface area contributed by atoms with Crippen molar-refractivity contribution in [1.29, 1.82) is 0 Å². The minimum atomic E-state index is -4.11. The van der Waals surface area contributed by atoms with E-state index in [1.807, 2.05) is 0 Å². The first kappa shape index (κ1) is 12.2. The molecule has 1 atom stereocenters. The number of alkyl halides is 1. The van der Waals surface area contributed by atoms with Crippen molar-refractivity contribution in [2.45, 2.75) is 16.7 Å². The monoisotopic (exact) mass is 246 g/mol. The van der Waals surface area contributed by atoms with E-state index >= 15 is 0 Å². The van der Waals surface area contributed by atoms with E-state index in [0.717, 1.165) is 5.56 Å². The van der Waals surface area contributed by atoms with Gasteiger partial charge in [-0.05, 0) is 24.1 Å². The van der Waals surface area contributed by atoms with Crippen LogP contribution >= 0.6 is 11.6 Å². The maximum absolute atomic E-state index is 10.7. The molecule has 0 aliphatic rings. The van der Waals surface area contributed by atoms with Crippen LogP contribution in [0.5, 0.6) is 0 Å². The van der Waals surface area contributed by atoms with Crippen molar-refractivity contribution in [2.24, 2.45) is 0 Å². The van der Waals surface area contributed by atoms with Crippen molar-refractivity contribution in [2.75, 3.05) is 0 Å². The van der Waals surface area contributed by atoms with Gasteiger partial charge < -0.3 is 0 Å². The van der Waals surface area contributed by atoms with E-state index in [1.165, 1.54) is 12.1 Å². The summed E-state index contributed by atoms with van der Waals surface area (Å²) in [6, 6.07) is 5.92. The number of hydrogen-bond donors (Lipinski definition) is 1. The Bertz CT molecular complexity index is 436. The molecule has 1 unspecified atom stereocenters. The Kier molecular flexibility index (Phi) is 3.90. The molecule has 82 valence electrons. The molecule has 0 aliphatic carbocycles. The Morgan fingerprint density at radius 3 is 2.33 bits per heavy atom. The molecule has 15 heavy (non-hydrogen) atoms. The topological polar surface area (TPSA) is 54.4 Å². The fourth-order valence-electron chi connectivity index (χ4n) is 1.11. The maximum Gasteiger partial charge on any atom is 0.294 e. The van der Waals surface area contributed by atoms with Crippen LogP contribution in [0.4, 0.5) is 0 Å². The normalized spacial score (nSPS) is 13.5. The van der Waals surface area contributed by atoms with Gasteiger partial charge >= 0.3 is 0 Å². The minimum Gasteiger partial charge on any atom is -0.282 e. The summed E-state index contributed by atoms with van der Waals surface area (Å²) in [4.78, 5) is -0.115. The molecule has 1 N–H and O–H groups in total. The predicted octanol–water partition coefficient (Wildman–Crippen LogP) is 2.27. The third-order valence-electron chi connectivity index (χ3n) is 1.91. The van der Waals surface area contributed by atoms with Crippen molar-refractivity contribution in [3.05, 3.63) is 42.5 Å². The summed E-state index contributed by atoms with van der Waals surface area (Å²) < 4.78 is 30.2. The fraction of sp³-hybridized carbons (Fsp3) is 0.200. The summed E-state index contributed by atoms with van der Waals surface area (Å²) in [5.41, 5.74) is 0.891. The third-order valence-corrected chi connectivity index (χ3v) is 3.11. The molecule has 0 amide bonds. The standard InChI is InChI=1S/C10H11ClO3S/c1-2-9(11)7-8-3-5-10(6-4-8)15(12,13)14/h2-6,9H,1,7H2,(H,12,13,14). The van der Waals surface area contributed by atoms with Gasteiger partial charge in [0, 0.05) is 0 Å². The molecule has 1 aromatic carbocycles. The Morgan fingerprint density at radius 1 is 1.40 bits per heavy atom. The Balaban J connectivity index is 2.86. The summed E-state index contributed by atoms with van der Waals surface area (Å²) in [5.74, 6) is 0. The van der Waals surface area contributed by atoms with Gasteiger partial charge in [0.05, 0.1) is 10.3 Å². The Morgan fingerprint density at radius 2 is 1.93 bits per heavy atom. The van der Waals surface area contributed by atoms with Gasteiger partial charge in [0.1, 0.15) is 0 Å². The molecule has 0 saturated heterocycles. The first-order valence-electron chi connectivity index (χ1n) is 4.26. The van der Waals surface area contributed by atoms with Crippen LogP contribution in [0.3, 0.4) is 0 Å². The average Bonchev–Trinajstić information content (AvgIpc) is 2.17. The van der Waals surface area contributed by atoms with E-state index in [0.29, 0.717) is 6.42 Å². The van der Waals surface area contributed by atoms with Gasteiger partial charge in [-0.2, -0.15) is 8.42 Å². The zero-order valence-electron chi connectivity index (χ0n) is 7.93. The molecule has 0 fully saturated rings. The molecular formula is C10H11ClO3S. The molecule has 3 nitrogen and oxygen atoms in total. The Labute approximate surface area is 94.1 Å². The van der Waals surface area contributed by atoms with Crippen LogP contribution in [-0.4, -0.2) is 18.3 Å². The van der Waals surface area contributed by atoms with Crippen LogP contribution in [0, 0.1) is 0 Å². The quantitative estimate of drug-likeness (QED) is 0.504. The average molecular weight is 247 g/mol. The van der Waals surface area contributed by atoms with E-state index in [1.54, 1.807) is 18.2 Å². The second kappa shape index (κ2) is 4.79. The van der Waals surface area contributed by atoms with E-state index in [4.69, 9.17) is 16.2 Å². The first-order chi connectivity index (χ1) is 6.93. The van der Waals surface area contributed by atoms with Crippen molar-refractivity contribution >= 4 is 21.7 Å². The van der Waals surface area contributed by atoms with Crippen molar-refractivity contribution in [1.82, 2.24) is 0 Å². The van der Waals surface area contributed by atoms with E-state index in [2.05, 4.69) is 6.58 Å². The smallest absolute Gasteiger partial charge is 0.282 e. The highest BCUT2D eigenvalue weighted by Crippen LogP contribution is 2.13. The van der Waals surface area contributed by atoms with Crippen LogP contribution in [0.1, 0.15) is 5.56 Å². The number of benzene rings is 1. The summed E-state index contributed by atoms with van der Waals surface area (Å²) in [6.07, 6.45) is 2.19. The SMILES string of the molecule is C=CC(Cl)Cc1ccc(S(=O)(=O)O)cc1. The predicted molar refractivity (Wildman–Crippen MR) is 59.8 cm³/mol. The minimum absolute atomic E-state index is 0.115. The molecule has 0 saturated carbocycles. The van der Waals surface area contributed by atoms with Gasteiger partial charge in [-0.3, -0.25) is 4.55 Å². The molecule has 0 heterocycles. The van der Waals surface area contributed by atoms with Gasteiger partial charge in [0.15, 0.2) is 0 Å². The lowest BCUT2D eigenvalue weighted by molar-refractivity contribution is 0.483. The van der Waals surface area contributed by atoms with Crippen LogP contribution in [0.2, 0.25) is 0 Å². The van der Waals surface area contributed by atoms with Gasteiger partial charge in [0.25, 0.3) is 10.1 Å². The summed E-state index contributed by atoms with van der Waals surface area (Å²) >= 11 is 5.84. The van der Waals surface area contributed by atoms with Gasteiger partial charge in [0.2, 0.25) is 0 Å². The number of allylic oxidation sites excluding steroid dienone is 1. The Hall–Kier alpha value is -0.840. The van der Waals surface area contributed by atoms with Gasteiger partial charge in [-0.15, -0.1) is 18.2 Å². The zero-order chi connectivity index (χ0) is 11.5. The third kappa shape index (κ3) is 3.66.